The Morgan fingerprint density at radius 1 is 1.24 bits per heavy atom. The number of nitrogens with zero attached hydrogens (tertiary/aromatic N) is 1. The van der Waals surface area contributed by atoms with Crippen LogP contribution in [0.25, 0.3) is 0 Å². The van der Waals surface area contributed by atoms with Crippen molar-refractivity contribution in [2.75, 3.05) is 0 Å². The number of hydrogen-bond donors (Lipinski definition) is 2. The molecule has 184 valence electrons. The van der Waals surface area contributed by atoms with Crippen LogP contribution >= 0.6 is 11.6 Å². The first-order valence-electron chi connectivity index (χ1n) is 11.6. The number of halogens is 3. The second-order valence-corrected chi connectivity index (χ2v) is 11.7. The number of aliphatic carboxylic acids is 1. The highest BCUT2D eigenvalue weighted by molar-refractivity contribution is 6.31. The second kappa shape index (κ2) is 8.08. The number of carboxylic acid groups (broad SMARTS) is 1. The van der Waals surface area contributed by atoms with E-state index in [-0.39, 0.29) is 30.3 Å². The molecule has 0 aromatic heterocycles. The average Bonchev–Trinajstić information content (AvgIpc) is 2.69. The van der Waals surface area contributed by atoms with E-state index in [1.165, 1.54) is 17.2 Å². The predicted molar refractivity (Wildman–Crippen MR) is 127 cm³/mol. The third-order valence-corrected chi connectivity index (χ3v) is 7.59. The molecule has 0 bridgehead atoms. The number of fused-ring (bicyclic) bond motifs is 1. The molecular formula is C26H31ClF2N2O3. The molecule has 1 fully saturated rings. The Hall–Kier alpha value is -2.41. The summed E-state index contributed by atoms with van der Waals surface area (Å²) in [6.07, 6.45) is 4.11. The summed E-state index contributed by atoms with van der Waals surface area (Å²) >= 11 is 6.62. The van der Waals surface area contributed by atoms with Crippen LogP contribution in [-0.2, 0) is 16.8 Å². The van der Waals surface area contributed by atoms with Crippen molar-refractivity contribution in [3.05, 3.63) is 57.8 Å². The van der Waals surface area contributed by atoms with Gasteiger partial charge < -0.3 is 10.4 Å². The van der Waals surface area contributed by atoms with Crippen LogP contribution in [0.5, 0.6) is 0 Å². The number of carboxylic acids is 1. The zero-order chi connectivity index (χ0) is 25.1. The minimum Gasteiger partial charge on any atom is -0.478 e. The van der Waals surface area contributed by atoms with Gasteiger partial charge in [0.05, 0.1) is 11.1 Å². The van der Waals surface area contributed by atoms with Crippen LogP contribution in [0.4, 0.5) is 13.6 Å². The number of benzene rings is 1. The first-order valence-corrected chi connectivity index (χ1v) is 12.0. The summed E-state index contributed by atoms with van der Waals surface area (Å²) in [6, 6.07) is 5.16. The molecule has 1 unspecified atom stereocenters. The van der Waals surface area contributed by atoms with Crippen LogP contribution < -0.4 is 5.32 Å². The van der Waals surface area contributed by atoms with Crippen molar-refractivity contribution in [2.24, 2.45) is 5.41 Å². The summed E-state index contributed by atoms with van der Waals surface area (Å²) in [5, 5.41) is 12.8. The molecule has 1 aromatic carbocycles. The Kier molecular flexibility index (Phi) is 5.87. The van der Waals surface area contributed by atoms with E-state index in [1.54, 1.807) is 13.0 Å². The molecule has 0 saturated heterocycles. The van der Waals surface area contributed by atoms with Gasteiger partial charge in [-0.15, -0.1) is 0 Å². The summed E-state index contributed by atoms with van der Waals surface area (Å²) in [5.74, 6) is -3.93. The molecular weight excluding hydrogens is 462 g/mol. The van der Waals surface area contributed by atoms with Crippen LogP contribution in [0, 0.1) is 5.41 Å². The van der Waals surface area contributed by atoms with Gasteiger partial charge in [0.2, 0.25) is 0 Å². The lowest BCUT2D eigenvalue weighted by atomic mass is 9.70. The zero-order valence-corrected chi connectivity index (χ0v) is 20.7. The number of alkyl halides is 2. The molecule has 8 heteroatoms. The molecule has 4 rings (SSSR count). The largest absolute Gasteiger partial charge is 0.478 e. The number of nitrogens with one attached hydrogen (secondary N) is 1. The molecule has 3 aliphatic rings. The van der Waals surface area contributed by atoms with E-state index in [4.69, 9.17) is 11.6 Å². The van der Waals surface area contributed by atoms with Crippen LogP contribution in [0.15, 0.2) is 41.6 Å². The van der Waals surface area contributed by atoms with Gasteiger partial charge in [-0.2, -0.15) is 0 Å². The van der Waals surface area contributed by atoms with E-state index >= 15 is 0 Å². The number of aryl methyl sites for hydroxylation is 1. The Morgan fingerprint density at radius 2 is 1.91 bits per heavy atom. The highest BCUT2D eigenvalue weighted by Crippen LogP contribution is 2.51. The van der Waals surface area contributed by atoms with Gasteiger partial charge in [-0.3, -0.25) is 4.90 Å². The highest BCUT2D eigenvalue weighted by Gasteiger charge is 2.54. The third-order valence-electron chi connectivity index (χ3n) is 7.24. The Balaban J connectivity index is 1.71. The smallest absolute Gasteiger partial charge is 0.331 e. The Labute approximate surface area is 203 Å². The molecule has 2 atom stereocenters. The monoisotopic (exact) mass is 492 g/mol. The Bertz CT molecular complexity index is 1110. The van der Waals surface area contributed by atoms with Crippen LogP contribution in [0.3, 0.4) is 0 Å². The van der Waals surface area contributed by atoms with Gasteiger partial charge >= 0.3 is 12.0 Å². The predicted octanol–water partition coefficient (Wildman–Crippen LogP) is 6.42. The molecule has 1 saturated carbocycles. The number of rotatable bonds is 5. The van der Waals surface area contributed by atoms with Crippen LogP contribution in [0.2, 0.25) is 5.02 Å². The summed E-state index contributed by atoms with van der Waals surface area (Å²) in [4.78, 5) is 25.8. The fourth-order valence-corrected chi connectivity index (χ4v) is 5.41. The maximum absolute atomic E-state index is 14.5. The molecule has 34 heavy (non-hydrogen) atoms. The molecule has 0 spiro atoms. The van der Waals surface area contributed by atoms with Crippen molar-refractivity contribution >= 4 is 23.6 Å². The highest BCUT2D eigenvalue weighted by atomic mass is 35.5. The van der Waals surface area contributed by atoms with Crippen molar-refractivity contribution in [3.63, 3.8) is 0 Å². The van der Waals surface area contributed by atoms with Crippen LogP contribution in [0.1, 0.15) is 70.9 Å². The van der Waals surface area contributed by atoms with Crippen LogP contribution in [-0.4, -0.2) is 33.5 Å². The lowest BCUT2D eigenvalue weighted by Gasteiger charge is -2.52. The SMILES string of the molecule is CC(C)(C)CCc1ccc([C@@]23CCC(F)(F)CC2=CN(C2(C)C=C(C(=O)O)C2)C(=O)N3)cc1Cl. The normalized spacial score (nSPS) is 28.3. The van der Waals surface area contributed by atoms with E-state index in [2.05, 4.69) is 26.1 Å². The maximum atomic E-state index is 14.5. The first kappa shape index (κ1) is 24.7. The average molecular weight is 493 g/mol. The lowest BCUT2D eigenvalue weighted by molar-refractivity contribution is -0.133. The number of amides is 2. The molecule has 1 aromatic rings. The third kappa shape index (κ3) is 4.47. The molecule has 2 N–H and O–H groups in total. The Morgan fingerprint density at radius 3 is 2.50 bits per heavy atom. The van der Waals surface area contributed by atoms with Gasteiger partial charge in [-0.1, -0.05) is 44.5 Å². The van der Waals surface area contributed by atoms with Gasteiger partial charge in [-0.25, -0.2) is 18.4 Å². The fourth-order valence-electron chi connectivity index (χ4n) is 5.14. The maximum Gasteiger partial charge on any atom is 0.331 e. The van der Waals surface area contributed by atoms with Crippen molar-refractivity contribution in [1.29, 1.82) is 0 Å². The number of carbonyl (C=O) groups excluding carboxylic acids is 1. The molecule has 5 nitrogen and oxygen atoms in total. The first-order chi connectivity index (χ1) is 15.6. The van der Waals surface area contributed by atoms with E-state index < -0.39 is 35.4 Å². The topological polar surface area (TPSA) is 69.6 Å². The van der Waals surface area contributed by atoms with Crippen molar-refractivity contribution < 1.29 is 23.5 Å². The standard InChI is InChI=1S/C26H31ClF2N2O3/c1-23(2,3)8-7-16-5-6-18(11-20(16)27)26-10-9-25(28,29)14-19(26)15-31(22(34)30-26)24(4)12-17(13-24)21(32)33/h5-6,11-12,15H,7-10,13-14H2,1-4H3,(H,30,34)(H,32,33)/t24?,26-/m0/s1. The van der Waals surface area contributed by atoms with Gasteiger partial charge in [-0.05, 0) is 60.4 Å². The second-order valence-electron chi connectivity index (χ2n) is 11.3. The molecule has 1 heterocycles. The molecule has 2 aliphatic carbocycles. The van der Waals surface area contributed by atoms with E-state index in [1.807, 2.05) is 12.1 Å². The summed E-state index contributed by atoms with van der Waals surface area (Å²) in [7, 11) is 0. The van der Waals surface area contributed by atoms with Gasteiger partial charge in [0, 0.05) is 36.1 Å². The van der Waals surface area contributed by atoms with Crippen molar-refractivity contribution in [3.8, 4) is 0 Å². The van der Waals surface area contributed by atoms with Gasteiger partial charge in [0.25, 0.3) is 5.92 Å². The van der Waals surface area contributed by atoms with E-state index in [0.29, 0.717) is 16.2 Å². The number of carbonyl (C=O) groups is 2. The summed E-state index contributed by atoms with van der Waals surface area (Å²) in [6.45, 7) is 8.21. The number of hydrogen-bond acceptors (Lipinski definition) is 2. The minimum absolute atomic E-state index is 0.0516. The van der Waals surface area contributed by atoms with E-state index in [9.17, 15) is 23.5 Å². The van der Waals surface area contributed by atoms with Gasteiger partial charge in [0.1, 0.15) is 0 Å². The summed E-state index contributed by atoms with van der Waals surface area (Å²) < 4.78 is 29.0. The molecule has 1 aliphatic heterocycles. The number of urea groups is 1. The van der Waals surface area contributed by atoms with Gasteiger partial charge in [0.15, 0.2) is 0 Å². The molecule has 2 amide bonds. The minimum atomic E-state index is -2.89. The van der Waals surface area contributed by atoms with E-state index in [0.717, 1.165) is 18.4 Å². The quantitative estimate of drug-likeness (QED) is 0.498. The fraction of sp³-hybridized carbons (Fsp3) is 0.538. The lowest BCUT2D eigenvalue weighted by Crippen LogP contribution is -2.63. The zero-order valence-electron chi connectivity index (χ0n) is 20.0. The molecule has 0 radical (unpaired) electrons. The van der Waals surface area contributed by atoms with Crippen molar-refractivity contribution in [1.82, 2.24) is 10.2 Å². The summed E-state index contributed by atoms with van der Waals surface area (Å²) in [5.41, 5.74) is 0.489. The van der Waals surface area contributed by atoms with Crippen molar-refractivity contribution in [2.45, 2.75) is 83.2 Å².